The van der Waals surface area contributed by atoms with Crippen molar-refractivity contribution in [3.63, 3.8) is 0 Å². The van der Waals surface area contributed by atoms with Crippen molar-refractivity contribution in [3.8, 4) is 22.8 Å². The molecule has 2 aliphatic heterocycles. The number of anilines is 1. The molecule has 0 aromatic carbocycles. The summed E-state index contributed by atoms with van der Waals surface area (Å²) in [6, 6.07) is 5.42. The number of pyridine rings is 1. The molecule has 34 heavy (non-hydrogen) atoms. The highest BCUT2D eigenvalue weighted by atomic mass is 19.4. The number of piperidine rings is 1. The minimum absolute atomic E-state index is 0.0450. The second-order valence-electron chi connectivity index (χ2n) is 9.07. The number of rotatable bonds is 4. The molecule has 2 N–H and O–H groups in total. The highest BCUT2D eigenvalue weighted by Gasteiger charge is 2.42. The quantitative estimate of drug-likeness (QED) is 0.473. The first kappa shape index (κ1) is 21.1. The first-order valence-corrected chi connectivity index (χ1v) is 11.2. The predicted molar refractivity (Wildman–Crippen MR) is 118 cm³/mol. The molecule has 0 saturated carbocycles. The van der Waals surface area contributed by atoms with E-state index in [4.69, 9.17) is 4.98 Å². The van der Waals surface area contributed by atoms with Gasteiger partial charge in [0.05, 0.1) is 28.9 Å². The van der Waals surface area contributed by atoms with E-state index < -0.39 is 18.8 Å². The Hall–Kier alpha value is -3.41. The number of aliphatic hydroxyl groups is 1. The number of hydrogen-bond donors (Lipinski definition) is 2. The molecular weight excluding hydrogens is 449 g/mol. The van der Waals surface area contributed by atoms with Gasteiger partial charge in [0.1, 0.15) is 23.3 Å². The number of halogens is 3. The van der Waals surface area contributed by atoms with Gasteiger partial charge in [-0.05, 0) is 43.9 Å². The zero-order chi connectivity index (χ0) is 23.6. The fraction of sp³-hybridized carbons (Fsp3) is 0.455. The smallest absolute Gasteiger partial charge is 0.393 e. The first-order valence-electron chi connectivity index (χ1n) is 11.2. The molecule has 4 aromatic heterocycles. The predicted octanol–water partition coefficient (Wildman–Crippen LogP) is 3.28. The minimum atomic E-state index is -4.46. The van der Waals surface area contributed by atoms with Crippen LogP contribution in [0.4, 0.5) is 18.9 Å². The minimum Gasteiger partial charge on any atom is -0.393 e. The lowest BCUT2D eigenvalue weighted by Gasteiger charge is -2.39. The summed E-state index contributed by atoms with van der Waals surface area (Å²) in [5, 5.41) is 25.7. The summed E-state index contributed by atoms with van der Waals surface area (Å²) < 4.78 is 43.5. The van der Waals surface area contributed by atoms with Gasteiger partial charge in [-0.1, -0.05) is 0 Å². The van der Waals surface area contributed by atoms with Gasteiger partial charge in [0.2, 0.25) is 0 Å². The number of alkyl halides is 3. The number of aromatic amines is 1. The van der Waals surface area contributed by atoms with Gasteiger partial charge in [-0.2, -0.15) is 28.5 Å². The van der Waals surface area contributed by atoms with E-state index >= 15 is 0 Å². The molecule has 1 unspecified atom stereocenters. The maximum atomic E-state index is 13.6. The van der Waals surface area contributed by atoms with Gasteiger partial charge < -0.3 is 10.0 Å². The number of aromatic nitrogens is 7. The van der Waals surface area contributed by atoms with Crippen LogP contribution in [0.2, 0.25) is 0 Å². The molecule has 2 saturated heterocycles. The van der Waals surface area contributed by atoms with Crippen molar-refractivity contribution in [2.75, 3.05) is 4.90 Å². The molecule has 0 radical (unpaired) electrons. The van der Waals surface area contributed by atoms with Crippen LogP contribution < -0.4 is 4.90 Å². The summed E-state index contributed by atoms with van der Waals surface area (Å²) >= 11 is 0. The lowest BCUT2D eigenvalue weighted by molar-refractivity contribution is -0.141. The van der Waals surface area contributed by atoms with Crippen molar-refractivity contribution in [1.82, 2.24) is 34.7 Å². The topological polar surface area (TPSA) is 101 Å². The number of aryl methyl sites for hydroxylation is 1. The van der Waals surface area contributed by atoms with E-state index in [0.29, 0.717) is 46.6 Å². The molecule has 2 aliphatic rings. The van der Waals surface area contributed by atoms with Crippen LogP contribution in [0.25, 0.3) is 33.8 Å². The van der Waals surface area contributed by atoms with Gasteiger partial charge >= 0.3 is 6.18 Å². The van der Waals surface area contributed by atoms with Gasteiger partial charge in [0.25, 0.3) is 0 Å². The molecular formula is C22H23F3N8O. The van der Waals surface area contributed by atoms with Crippen molar-refractivity contribution in [2.24, 2.45) is 7.05 Å². The maximum Gasteiger partial charge on any atom is 0.408 e. The van der Waals surface area contributed by atoms with Crippen molar-refractivity contribution in [2.45, 2.75) is 56.6 Å². The van der Waals surface area contributed by atoms with Crippen LogP contribution in [0.5, 0.6) is 0 Å². The van der Waals surface area contributed by atoms with Crippen molar-refractivity contribution in [1.29, 1.82) is 0 Å². The summed E-state index contributed by atoms with van der Waals surface area (Å²) in [5.74, 6) is 0. The van der Waals surface area contributed by atoms with Gasteiger partial charge in [0, 0.05) is 31.5 Å². The monoisotopic (exact) mass is 472 g/mol. The van der Waals surface area contributed by atoms with E-state index in [1.165, 1.54) is 6.20 Å². The standard InChI is InChI=1S/C22H23F3N8O/c1-31-17(5-7-27-31)16-10-18(33-12-2-3-13(33)9-14(34)8-12)21-20(28-16)19(15-4-6-26-29-15)30-32(21)11-22(23,24)25/h4-7,10,12-14,34H,2-3,8-9,11H2,1H3,(H,26,29)/t12-,13+,14?. The zero-order valence-electron chi connectivity index (χ0n) is 18.4. The molecule has 0 spiro atoms. The summed E-state index contributed by atoms with van der Waals surface area (Å²) in [5.41, 5.74) is 3.50. The third-order valence-electron chi connectivity index (χ3n) is 6.83. The summed E-state index contributed by atoms with van der Waals surface area (Å²) in [4.78, 5) is 6.97. The molecule has 178 valence electrons. The molecule has 6 heterocycles. The number of H-pyrrole nitrogens is 1. The molecule has 12 heteroatoms. The lowest BCUT2D eigenvalue weighted by atomic mass is 9.98. The third kappa shape index (κ3) is 3.44. The second kappa shape index (κ2) is 7.55. The molecule has 3 atom stereocenters. The number of nitrogens with one attached hydrogen (secondary N) is 1. The summed E-state index contributed by atoms with van der Waals surface area (Å²) in [6.45, 7) is -1.23. The SMILES string of the molecule is Cn1nccc1-c1cc(N2[C@@H]3CC[C@H]2CC(O)C3)c2c(n1)c(-c1ccn[nH]1)nn2CC(F)(F)F. The average Bonchev–Trinajstić information content (AvgIpc) is 3.54. The van der Waals surface area contributed by atoms with E-state index in [1.54, 1.807) is 24.0 Å². The Kier molecular flexibility index (Phi) is 4.70. The van der Waals surface area contributed by atoms with Gasteiger partial charge in [-0.25, -0.2) is 4.98 Å². The van der Waals surface area contributed by atoms with Gasteiger partial charge in [0.15, 0.2) is 0 Å². The Morgan fingerprint density at radius 3 is 2.53 bits per heavy atom. The van der Waals surface area contributed by atoms with Gasteiger partial charge in [-0.15, -0.1) is 0 Å². The highest BCUT2D eigenvalue weighted by molar-refractivity contribution is 5.99. The van der Waals surface area contributed by atoms with Gasteiger partial charge in [-0.3, -0.25) is 14.5 Å². The number of hydrogen-bond acceptors (Lipinski definition) is 6. The summed E-state index contributed by atoms with van der Waals surface area (Å²) in [6.07, 6.45) is 1.26. The Balaban J connectivity index is 1.65. The Morgan fingerprint density at radius 1 is 1.15 bits per heavy atom. The van der Waals surface area contributed by atoms with Crippen LogP contribution in [0, 0.1) is 0 Å². The van der Waals surface area contributed by atoms with Crippen molar-refractivity contribution < 1.29 is 18.3 Å². The molecule has 0 aliphatic carbocycles. The fourth-order valence-electron chi connectivity index (χ4n) is 5.51. The Labute approximate surface area is 192 Å². The third-order valence-corrected chi connectivity index (χ3v) is 6.83. The van der Waals surface area contributed by atoms with Crippen LogP contribution in [0.15, 0.2) is 30.6 Å². The normalized spacial score (nSPS) is 22.7. The van der Waals surface area contributed by atoms with Crippen LogP contribution in [-0.2, 0) is 13.6 Å². The largest absolute Gasteiger partial charge is 0.408 e. The molecule has 9 nitrogen and oxygen atoms in total. The van der Waals surface area contributed by atoms with Crippen molar-refractivity contribution >= 4 is 16.7 Å². The first-order chi connectivity index (χ1) is 16.3. The summed E-state index contributed by atoms with van der Waals surface area (Å²) in [7, 11) is 1.80. The fourth-order valence-corrected chi connectivity index (χ4v) is 5.51. The van der Waals surface area contributed by atoms with Crippen molar-refractivity contribution in [3.05, 3.63) is 30.6 Å². The Morgan fingerprint density at radius 2 is 1.91 bits per heavy atom. The molecule has 6 rings (SSSR count). The lowest BCUT2D eigenvalue weighted by Crippen LogP contribution is -2.45. The molecule has 2 bridgehead atoms. The van der Waals surface area contributed by atoms with E-state index in [-0.39, 0.29) is 12.1 Å². The van der Waals surface area contributed by atoms with E-state index in [1.807, 2.05) is 12.1 Å². The molecule has 4 aromatic rings. The molecule has 0 amide bonds. The molecule has 2 fully saturated rings. The van der Waals surface area contributed by atoms with Crippen LogP contribution >= 0.6 is 0 Å². The second-order valence-corrected chi connectivity index (χ2v) is 9.07. The highest BCUT2D eigenvalue weighted by Crippen LogP contribution is 2.44. The maximum absolute atomic E-state index is 13.6. The number of fused-ring (bicyclic) bond motifs is 3. The number of nitrogens with zero attached hydrogens (tertiary/aromatic N) is 7. The van der Waals surface area contributed by atoms with E-state index in [9.17, 15) is 18.3 Å². The number of aliphatic hydroxyl groups excluding tert-OH is 1. The average molecular weight is 472 g/mol. The van der Waals surface area contributed by atoms with Crippen LogP contribution in [-0.4, -0.2) is 64.2 Å². The van der Waals surface area contributed by atoms with E-state index in [2.05, 4.69) is 25.3 Å². The van der Waals surface area contributed by atoms with Crippen LogP contribution in [0.3, 0.4) is 0 Å². The zero-order valence-corrected chi connectivity index (χ0v) is 18.4. The van der Waals surface area contributed by atoms with E-state index in [0.717, 1.165) is 23.2 Å². The Bertz CT molecular complexity index is 1330. The van der Waals surface area contributed by atoms with Crippen LogP contribution in [0.1, 0.15) is 25.7 Å².